The van der Waals surface area contributed by atoms with E-state index in [0.717, 1.165) is 37.5 Å². The molecule has 3 rings (SSSR count). The van der Waals surface area contributed by atoms with Gasteiger partial charge in [0.2, 0.25) is 0 Å². The van der Waals surface area contributed by atoms with Crippen LogP contribution in [0.2, 0.25) is 0 Å². The number of aliphatic hydroxyl groups excluding tert-OH is 1. The molecule has 1 saturated heterocycles. The van der Waals surface area contributed by atoms with Gasteiger partial charge in [-0.2, -0.15) is 0 Å². The summed E-state index contributed by atoms with van der Waals surface area (Å²) < 4.78 is 5.55. The van der Waals surface area contributed by atoms with Crippen molar-refractivity contribution in [3.63, 3.8) is 0 Å². The minimum atomic E-state index is -0.292. The SMILES string of the molecule is COc1cc(C)c(CN2C[C@@H](Cc3ccccn3)[C@H](O)C2)cc1C(C)C. The van der Waals surface area contributed by atoms with Crippen LogP contribution in [0.1, 0.15) is 42.1 Å². The number of aromatic nitrogens is 1. The maximum absolute atomic E-state index is 10.5. The van der Waals surface area contributed by atoms with Crippen molar-refractivity contribution >= 4 is 0 Å². The lowest BCUT2D eigenvalue weighted by Gasteiger charge is -2.20. The van der Waals surface area contributed by atoms with Crippen molar-refractivity contribution in [2.75, 3.05) is 20.2 Å². The molecule has 1 aliphatic heterocycles. The van der Waals surface area contributed by atoms with Crippen LogP contribution in [0.5, 0.6) is 5.75 Å². The number of aryl methyl sites for hydroxylation is 1. The number of β-amino-alcohol motifs (C(OH)–C–C–N with tert-alkyl or cyclic N) is 1. The Kier molecular flexibility index (Phi) is 5.94. The number of hydrogen-bond acceptors (Lipinski definition) is 4. The van der Waals surface area contributed by atoms with Gasteiger partial charge in [0.15, 0.2) is 0 Å². The molecule has 0 saturated carbocycles. The number of nitrogens with zero attached hydrogens (tertiary/aromatic N) is 2. The second kappa shape index (κ2) is 8.19. The van der Waals surface area contributed by atoms with Crippen LogP contribution in [-0.4, -0.2) is 41.3 Å². The van der Waals surface area contributed by atoms with Gasteiger partial charge in [0.05, 0.1) is 13.2 Å². The molecule has 1 aromatic carbocycles. The van der Waals surface area contributed by atoms with Crippen molar-refractivity contribution in [2.45, 2.75) is 45.8 Å². The summed E-state index contributed by atoms with van der Waals surface area (Å²) in [4.78, 5) is 6.76. The van der Waals surface area contributed by atoms with E-state index in [0.29, 0.717) is 5.92 Å². The molecule has 1 fully saturated rings. The molecule has 2 heterocycles. The lowest BCUT2D eigenvalue weighted by atomic mass is 9.96. The number of methoxy groups -OCH3 is 1. The van der Waals surface area contributed by atoms with Crippen molar-refractivity contribution < 1.29 is 9.84 Å². The predicted molar refractivity (Wildman–Crippen MR) is 105 cm³/mol. The van der Waals surface area contributed by atoms with E-state index in [-0.39, 0.29) is 12.0 Å². The van der Waals surface area contributed by atoms with Crippen LogP contribution in [0.4, 0.5) is 0 Å². The quantitative estimate of drug-likeness (QED) is 0.862. The summed E-state index contributed by atoms with van der Waals surface area (Å²) in [5.74, 6) is 1.63. The Morgan fingerprint density at radius 3 is 2.73 bits per heavy atom. The number of benzene rings is 1. The molecule has 0 radical (unpaired) electrons. The summed E-state index contributed by atoms with van der Waals surface area (Å²) in [7, 11) is 1.74. The van der Waals surface area contributed by atoms with Crippen LogP contribution in [0, 0.1) is 12.8 Å². The summed E-state index contributed by atoms with van der Waals surface area (Å²) in [6.07, 6.45) is 2.36. The Morgan fingerprint density at radius 2 is 2.08 bits per heavy atom. The van der Waals surface area contributed by atoms with Crippen molar-refractivity contribution in [1.29, 1.82) is 0 Å². The highest BCUT2D eigenvalue weighted by Gasteiger charge is 2.31. The summed E-state index contributed by atoms with van der Waals surface area (Å²) in [5, 5.41) is 10.5. The molecular formula is C22H30N2O2. The third-order valence-electron chi connectivity index (χ3n) is 5.38. The van der Waals surface area contributed by atoms with Crippen molar-refractivity contribution in [3.05, 3.63) is 58.9 Å². The van der Waals surface area contributed by atoms with Crippen molar-refractivity contribution in [1.82, 2.24) is 9.88 Å². The first kappa shape index (κ1) is 18.9. The number of hydrogen-bond donors (Lipinski definition) is 1. The third kappa shape index (κ3) is 4.25. The third-order valence-corrected chi connectivity index (χ3v) is 5.38. The number of rotatable bonds is 6. The normalized spacial score (nSPS) is 20.7. The molecule has 1 N–H and O–H groups in total. The highest BCUT2D eigenvalue weighted by molar-refractivity contribution is 5.44. The number of ether oxygens (including phenoxy) is 1. The van der Waals surface area contributed by atoms with Gasteiger partial charge in [-0.15, -0.1) is 0 Å². The second-order valence-electron chi connectivity index (χ2n) is 7.72. The number of likely N-dealkylation sites (tertiary alicyclic amines) is 1. The first-order valence-electron chi connectivity index (χ1n) is 9.45. The van der Waals surface area contributed by atoms with Crippen LogP contribution < -0.4 is 4.74 Å². The predicted octanol–water partition coefficient (Wildman–Crippen LogP) is 3.56. The van der Waals surface area contributed by atoms with E-state index in [9.17, 15) is 5.11 Å². The monoisotopic (exact) mass is 354 g/mol. The minimum absolute atomic E-state index is 0.244. The fraction of sp³-hybridized carbons (Fsp3) is 0.500. The molecule has 0 unspecified atom stereocenters. The Morgan fingerprint density at radius 1 is 1.27 bits per heavy atom. The molecule has 0 amide bonds. The zero-order chi connectivity index (χ0) is 18.7. The summed E-state index contributed by atoms with van der Waals surface area (Å²) in [6.45, 7) is 9.02. The Labute approximate surface area is 156 Å². The first-order chi connectivity index (χ1) is 12.5. The molecule has 0 aliphatic carbocycles. The smallest absolute Gasteiger partial charge is 0.122 e. The van der Waals surface area contributed by atoms with Gasteiger partial charge in [-0.3, -0.25) is 9.88 Å². The van der Waals surface area contributed by atoms with E-state index in [1.165, 1.54) is 16.7 Å². The standard InChI is InChI=1S/C22H30N2O2/c1-15(2)20-11-17(16(3)9-22(20)26-4)12-24-13-18(21(25)14-24)10-19-7-5-6-8-23-19/h5-9,11,15,18,21,25H,10,12-14H2,1-4H3/t18-,21-/m1/s1. The molecule has 0 bridgehead atoms. The van der Waals surface area contributed by atoms with Gasteiger partial charge in [-0.25, -0.2) is 0 Å². The van der Waals surface area contributed by atoms with Crippen molar-refractivity contribution in [2.24, 2.45) is 5.92 Å². The van der Waals surface area contributed by atoms with Gasteiger partial charge in [0, 0.05) is 37.4 Å². The Balaban J connectivity index is 1.71. The van der Waals surface area contributed by atoms with Gasteiger partial charge >= 0.3 is 0 Å². The van der Waals surface area contributed by atoms with Crippen LogP contribution in [0.25, 0.3) is 0 Å². The molecule has 2 aromatic rings. The largest absolute Gasteiger partial charge is 0.496 e. The highest BCUT2D eigenvalue weighted by atomic mass is 16.5. The Bertz CT molecular complexity index is 730. The van der Waals surface area contributed by atoms with Crippen LogP contribution >= 0.6 is 0 Å². The van der Waals surface area contributed by atoms with Gasteiger partial charge in [0.25, 0.3) is 0 Å². The molecule has 0 spiro atoms. The lowest BCUT2D eigenvalue weighted by Crippen LogP contribution is -2.22. The van der Waals surface area contributed by atoms with Gasteiger partial charge in [-0.1, -0.05) is 26.0 Å². The van der Waals surface area contributed by atoms with Gasteiger partial charge in [0.1, 0.15) is 5.75 Å². The number of pyridine rings is 1. The molecular weight excluding hydrogens is 324 g/mol. The van der Waals surface area contributed by atoms with E-state index in [1.807, 2.05) is 24.4 Å². The summed E-state index contributed by atoms with van der Waals surface area (Å²) in [5.41, 5.74) is 4.87. The lowest BCUT2D eigenvalue weighted by molar-refractivity contribution is 0.140. The van der Waals surface area contributed by atoms with E-state index in [2.05, 4.69) is 42.8 Å². The molecule has 26 heavy (non-hydrogen) atoms. The zero-order valence-electron chi connectivity index (χ0n) is 16.3. The minimum Gasteiger partial charge on any atom is -0.496 e. The zero-order valence-corrected chi connectivity index (χ0v) is 16.3. The maximum Gasteiger partial charge on any atom is 0.122 e. The number of aliphatic hydroxyl groups is 1. The van der Waals surface area contributed by atoms with Crippen molar-refractivity contribution in [3.8, 4) is 5.75 Å². The summed E-state index contributed by atoms with van der Waals surface area (Å²) >= 11 is 0. The van der Waals surface area contributed by atoms with E-state index in [1.54, 1.807) is 7.11 Å². The molecule has 1 aromatic heterocycles. The molecule has 140 valence electrons. The average Bonchev–Trinajstić information content (AvgIpc) is 2.96. The van der Waals surface area contributed by atoms with Crippen LogP contribution in [0.3, 0.4) is 0 Å². The van der Waals surface area contributed by atoms with E-state index < -0.39 is 0 Å². The molecule has 4 nitrogen and oxygen atoms in total. The molecule has 2 atom stereocenters. The van der Waals surface area contributed by atoms with E-state index >= 15 is 0 Å². The maximum atomic E-state index is 10.5. The summed E-state index contributed by atoms with van der Waals surface area (Å²) in [6, 6.07) is 10.4. The van der Waals surface area contributed by atoms with Gasteiger partial charge < -0.3 is 9.84 Å². The van der Waals surface area contributed by atoms with E-state index in [4.69, 9.17) is 4.74 Å². The topological polar surface area (TPSA) is 45.6 Å². The van der Waals surface area contributed by atoms with Gasteiger partial charge in [-0.05, 0) is 54.2 Å². The average molecular weight is 354 g/mol. The second-order valence-corrected chi connectivity index (χ2v) is 7.72. The molecule has 4 heteroatoms. The fourth-order valence-electron chi connectivity index (χ4n) is 3.84. The highest BCUT2D eigenvalue weighted by Crippen LogP contribution is 2.31. The van der Waals surface area contributed by atoms with Crippen LogP contribution in [0.15, 0.2) is 36.5 Å². The Hall–Kier alpha value is -1.91. The molecule has 1 aliphatic rings. The fourth-order valence-corrected chi connectivity index (χ4v) is 3.84. The first-order valence-corrected chi connectivity index (χ1v) is 9.45. The van der Waals surface area contributed by atoms with Crippen LogP contribution in [-0.2, 0) is 13.0 Å².